The fourth-order valence-corrected chi connectivity index (χ4v) is 1.01. The van der Waals surface area contributed by atoms with Gasteiger partial charge in [0.05, 0.1) is 26.4 Å². The van der Waals surface area contributed by atoms with Crippen LogP contribution in [0.5, 0.6) is 0 Å². The van der Waals surface area contributed by atoms with Gasteiger partial charge in [0.1, 0.15) is 5.56 Å². The predicted octanol–water partition coefficient (Wildman–Crippen LogP) is 0.504. The van der Waals surface area contributed by atoms with Gasteiger partial charge in [-0.05, 0) is 0 Å². The third-order valence-electron chi connectivity index (χ3n) is 1.93. The quantitative estimate of drug-likeness (QED) is 0.187. The van der Waals surface area contributed by atoms with Crippen LogP contribution in [0, 0.1) is 29.1 Å². The van der Waals surface area contributed by atoms with E-state index in [9.17, 15) is 26.7 Å². The maximum atomic E-state index is 12.6. The molecule has 0 heterocycles. The van der Waals surface area contributed by atoms with E-state index in [4.69, 9.17) is 15.3 Å². The van der Waals surface area contributed by atoms with Crippen molar-refractivity contribution in [3.8, 4) is 0 Å². The Morgan fingerprint density at radius 3 is 1.48 bits per heavy atom. The van der Waals surface area contributed by atoms with Crippen LogP contribution < -0.4 is 5.64 Å². The summed E-state index contributed by atoms with van der Waals surface area (Å²) in [6.07, 6.45) is 0. The molecule has 1 aromatic rings. The Balaban J connectivity index is 0.000000468. The Bertz CT molecular complexity index is 495. The minimum Gasteiger partial charge on any atom is -0.477 e. The summed E-state index contributed by atoms with van der Waals surface area (Å²) in [4.78, 5) is 19.0. The molecule has 0 aliphatic heterocycles. The second kappa shape index (κ2) is 10.8. The van der Waals surface area contributed by atoms with Gasteiger partial charge in [-0.1, -0.05) is 5.64 Å². The molecule has 0 saturated carbocycles. The monoisotopic (exact) mass is 349 g/mol. The SMILES string of the molecule is O=C(O)c1c(F)c(F)c(F)c(F)c1F.OCCONOCCO. The third kappa shape index (κ3) is 6.42. The van der Waals surface area contributed by atoms with Gasteiger partial charge in [-0.25, -0.2) is 26.7 Å². The molecule has 0 fully saturated rings. The van der Waals surface area contributed by atoms with E-state index in [1.165, 1.54) is 0 Å². The smallest absolute Gasteiger partial charge is 0.341 e. The van der Waals surface area contributed by atoms with E-state index in [2.05, 4.69) is 15.3 Å². The molecule has 0 bridgehead atoms. The van der Waals surface area contributed by atoms with Gasteiger partial charge in [-0.2, -0.15) is 0 Å². The van der Waals surface area contributed by atoms with Gasteiger partial charge in [0.15, 0.2) is 23.3 Å². The Labute approximate surface area is 125 Å². The van der Waals surface area contributed by atoms with Crippen molar-refractivity contribution in [2.45, 2.75) is 0 Å². The number of aromatic carboxylic acids is 1. The second-order valence-electron chi connectivity index (χ2n) is 3.48. The van der Waals surface area contributed by atoms with Crippen LogP contribution in [0.15, 0.2) is 0 Å². The fourth-order valence-electron chi connectivity index (χ4n) is 1.01. The van der Waals surface area contributed by atoms with Gasteiger partial charge in [0, 0.05) is 0 Å². The molecule has 23 heavy (non-hydrogen) atoms. The second-order valence-corrected chi connectivity index (χ2v) is 3.48. The first-order chi connectivity index (χ1) is 10.8. The maximum Gasteiger partial charge on any atom is 0.341 e. The summed E-state index contributed by atoms with van der Waals surface area (Å²) in [6.45, 7) is 0.224. The summed E-state index contributed by atoms with van der Waals surface area (Å²) in [5.41, 5.74) is 0.207. The Morgan fingerprint density at radius 1 is 0.826 bits per heavy atom. The summed E-state index contributed by atoms with van der Waals surface area (Å²) < 4.78 is 62.1. The van der Waals surface area contributed by atoms with Crippen LogP contribution in [-0.4, -0.2) is 47.7 Å². The number of nitrogens with one attached hydrogen (secondary N) is 1. The van der Waals surface area contributed by atoms with E-state index in [1.807, 2.05) is 0 Å². The van der Waals surface area contributed by atoms with Crippen molar-refractivity contribution in [3.63, 3.8) is 0 Å². The molecule has 0 aliphatic rings. The number of halogens is 5. The topological polar surface area (TPSA) is 108 Å². The number of aliphatic hydroxyl groups is 2. The standard InChI is InChI=1S/C7HF5O2.C4H11NO4/c8-2-1(7(13)14)3(9)5(11)6(12)4(2)10;6-1-3-8-5-9-4-2-7/h(H,13,14);5-7H,1-4H2. The average Bonchev–Trinajstić information content (AvgIpc) is 2.51. The zero-order valence-corrected chi connectivity index (χ0v) is 11.3. The van der Waals surface area contributed by atoms with Gasteiger partial charge in [-0.3, -0.25) is 9.68 Å². The molecule has 132 valence electrons. The largest absolute Gasteiger partial charge is 0.477 e. The third-order valence-corrected chi connectivity index (χ3v) is 1.93. The van der Waals surface area contributed by atoms with Gasteiger partial charge >= 0.3 is 5.97 Å². The van der Waals surface area contributed by atoms with E-state index in [-0.39, 0.29) is 26.4 Å². The highest BCUT2D eigenvalue weighted by atomic mass is 19.2. The molecule has 12 heteroatoms. The number of aliphatic hydroxyl groups excluding tert-OH is 2. The molecular formula is C11H12F5NO6. The minimum atomic E-state index is -2.38. The van der Waals surface area contributed by atoms with E-state index in [0.717, 1.165) is 0 Å². The lowest BCUT2D eigenvalue weighted by molar-refractivity contribution is -0.178. The van der Waals surface area contributed by atoms with Gasteiger partial charge < -0.3 is 15.3 Å². The first-order valence-corrected chi connectivity index (χ1v) is 5.74. The van der Waals surface area contributed by atoms with E-state index in [0.29, 0.717) is 0 Å². The van der Waals surface area contributed by atoms with Crippen molar-refractivity contribution >= 4 is 5.97 Å². The van der Waals surface area contributed by atoms with E-state index < -0.39 is 40.6 Å². The van der Waals surface area contributed by atoms with Crippen molar-refractivity contribution in [2.75, 3.05) is 26.4 Å². The number of hydrogen-bond acceptors (Lipinski definition) is 6. The average molecular weight is 349 g/mol. The van der Waals surface area contributed by atoms with Crippen LogP contribution in [-0.2, 0) is 9.68 Å². The van der Waals surface area contributed by atoms with Crippen LogP contribution in [0.4, 0.5) is 22.0 Å². The van der Waals surface area contributed by atoms with Crippen LogP contribution in [0.1, 0.15) is 10.4 Å². The van der Waals surface area contributed by atoms with E-state index in [1.54, 1.807) is 0 Å². The zero-order chi connectivity index (χ0) is 18.0. The number of carboxylic acid groups (broad SMARTS) is 1. The van der Waals surface area contributed by atoms with Gasteiger partial charge in [-0.15, -0.1) is 0 Å². The van der Waals surface area contributed by atoms with Crippen LogP contribution in [0.25, 0.3) is 0 Å². The Kier molecular flexibility index (Phi) is 9.92. The lowest BCUT2D eigenvalue weighted by atomic mass is 10.1. The molecule has 0 saturated heterocycles. The number of carboxylic acids is 1. The Morgan fingerprint density at radius 2 is 1.17 bits per heavy atom. The summed E-state index contributed by atoms with van der Waals surface area (Å²) in [7, 11) is 0. The highest BCUT2D eigenvalue weighted by Crippen LogP contribution is 2.22. The highest BCUT2D eigenvalue weighted by molar-refractivity contribution is 5.88. The summed E-state index contributed by atoms with van der Waals surface area (Å²) in [5.74, 6) is -13.9. The number of hydrogen-bond donors (Lipinski definition) is 4. The van der Waals surface area contributed by atoms with Crippen LogP contribution in [0.2, 0.25) is 0 Å². The molecule has 0 aromatic heterocycles. The van der Waals surface area contributed by atoms with E-state index >= 15 is 0 Å². The number of rotatable bonds is 7. The van der Waals surface area contributed by atoms with Crippen molar-refractivity contribution in [1.29, 1.82) is 0 Å². The number of carbonyl (C=O) groups is 1. The highest BCUT2D eigenvalue weighted by Gasteiger charge is 2.29. The molecule has 1 rings (SSSR count). The van der Waals surface area contributed by atoms with Crippen molar-refractivity contribution < 1.29 is 51.7 Å². The molecule has 7 nitrogen and oxygen atoms in total. The lowest BCUT2D eigenvalue weighted by Gasteiger charge is -2.03. The molecule has 0 amide bonds. The molecule has 0 spiro atoms. The molecule has 0 atom stereocenters. The molecule has 0 aliphatic carbocycles. The van der Waals surface area contributed by atoms with Crippen molar-refractivity contribution in [3.05, 3.63) is 34.6 Å². The Hall–Kier alpha value is -1.86. The zero-order valence-electron chi connectivity index (χ0n) is 11.3. The van der Waals surface area contributed by atoms with Crippen molar-refractivity contribution in [2.24, 2.45) is 0 Å². The fraction of sp³-hybridized carbons (Fsp3) is 0.364. The molecule has 0 unspecified atom stereocenters. The summed E-state index contributed by atoms with van der Waals surface area (Å²) in [5, 5.41) is 24.5. The van der Waals surface area contributed by atoms with Gasteiger partial charge in [0.2, 0.25) is 5.82 Å². The van der Waals surface area contributed by atoms with Crippen LogP contribution >= 0.6 is 0 Å². The predicted molar refractivity (Wildman–Crippen MR) is 62.4 cm³/mol. The molecule has 0 radical (unpaired) electrons. The first kappa shape index (κ1) is 21.1. The normalized spacial score (nSPS) is 10.2. The molecule has 4 N–H and O–H groups in total. The van der Waals surface area contributed by atoms with Crippen molar-refractivity contribution in [1.82, 2.24) is 5.64 Å². The minimum absolute atomic E-state index is 0.0600. The first-order valence-electron chi connectivity index (χ1n) is 5.74. The molecule has 1 aromatic carbocycles. The number of benzene rings is 1. The lowest BCUT2D eigenvalue weighted by Crippen LogP contribution is -2.19. The summed E-state index contributed by atoms with van der Waals surface area (Å²) >= 11 is 0. The molecular weight excluding hydrogens is 337 g/mol. The van der Waals surface area contributed by atoms with Gasteiger partial charge in [0.25, 0.3) is 0 Å². The maximum absolute atomic E-state index is 12.6. The van der Waals surface area contributed by atoms with Crippen LogP contribution in [0.3, 0.4) is 0 Å². The summed E-state index contributed by atoms with van der Waals surface area (Å²) in [6, 6.07) is 0.